The summed E-state index contributed by atoms with van der Waals surface area (Å²) in [6, 6.07) is 11.8. The Labute approximate surface area is 211 Å². The van der Waals surface area contributed by atoms with Crippen molar-refractivity contribution in [1.29, 1.82) is 0 Å². The molecule has 0 radical (unpaired) electrons. The van der Waals surface area contributed by atoms with E-state index in [2.05, 4.69) is 29.6 Å². The van der Waals surface area contributed by atoms with E-state index in [4.69, 9.17) is 16.3 Å². The molecule has 2 N–H and O–H groups in total. The number of anilines is 1. The van der Waals surface area contributed by atoms with Crippen molar-refractivity contribution in [1.82, 2.24) is 15.1 Å². The van der Waals surface area contributed by atoms with Crippen LogP contribution in [0.1, 0.15) is 48.0 Å². The highest BCUT2D eigenvalue weighted by atomic mass is 35.5. The maximum absolute atomic E-state index is 14.3. The zero-order valence-electron chi connectivity index (χ0n) is 19.8. The number of halogens is 3. The lowest BCUT2D eigenvalue weighted by Gasteiger charge is -2.14. The highest BCUT2D eigenvalue weighted by Crippen LogP contribution is 2.25. The Morgan fingerprint density at radius 3 is 2.62 bits per heavy atom. The number of ether oxygens (including phenoxy) is 1. The van der Waals surface area contributed by atoms with Crippen LogP contribution in [0.5, 0.6) is 5.75 Å². The molecule has 1 amide bonds. The smallest absolute Gasteiger partial charge is 0.256 e. The van der Waals surface area contributed by atoms with Gasteiger partial charge in [0.15, 0.2) is 5.82 Å². The lowest BCUT2D eigenvalue weighted by Crippen LogP contribution is -2.16. The third-order valence-corrected chi connectivity index (χ3v) is 5.25. The Morgan fingerprint density at radius 1 is 1.18 bits per heavy atom. The number of aromatic nitrogens is 2. The quantitative estimate of drug-likeness (QED) is 0.360. The Hall–Kier alpha value is -2.61. The minimum atomic E-state index is -0.419. The van der Waals surface area contributed by atoms with E-state index in [1.165, 1.54) is 6.07 Å². The molecule has 3 aromatic rings. The molecule has 0 aliphatic carbocycles. The summed E-state index contributed by atoms with van der Waals surface area (Å²) in [7, 11) is 0. The molecule has 0 saturated heterocycles. The van der Waals surface area contributed by atoms with Crippen LogP contribution in [-0.2, 0) is 13.1 Å². The van der Waals surface area contributed by atoms with Gasteiger partial charge in [0.05, 0.1) is 13.2 Å². The molecule has 34 heavy (non-hydrogen) atoms. The second-order valence-electron chi connectivity index (χ2n) is 8.33. The van der Waals surface area contributed by atoms with Gasteiger partial charge in [-0.2, -0.15) is 5.10 Å². The van der Waals surface area contributed by atoms with Crippen molar-refractivity contribution in [2.24, 2.45) is 5.92 Å². The van der Waals surface area contributed by atoms with E-state index in [-0.39, 0.29) is 18.0 Å². The van der Waals surface area contributed by atoms with Crippen LogP contribution in [-0.4, -0.2) is 28.8 Å². The van der Waals surface area contributed by atoms with Crippen LogP contribution in [0, 0.1) is 18.7 Å². The van der Waals surface area contributed by atoms with Gasteiger partial charge in [0, 0.05) is 40.0 Å². The number of nitrogens with zero attached hydrogens (tertiary/aromatic N) is 2. The fraction of sp³-hybridized carbons (Fsp3) is 0.360. The number of nitrogens with one attached hydrogen (secondary N) is 2. The average molecular weight is 509 g/mol. The molecule has 0 bridgehead atoms. The number of rotatable bonds is 10. The zero-order chi connectivity index (χ0) is 24.0. The van der Waals surface area contributed by atoms with Gasteiger partial charge < -0.3 is 15.4 Å². The van der Waals surface area contributed by atoms with Gasteiger partial charge in [-0.15, -0.1) is 12.4 Å². The fourth-order valence-corrected chi connectivity index (χ4v) is 3.44. The van der Waals surface area contributed by atoms with E-state index in [0.29, 0.717) is 42.0 Å². The molecular weight excluding hydrogens is 478 g/mol. The van der Waals surface area contributed by atoms with Crippen LogP contribution >= 0.6 is 24.0 Å². The first kappa shape index (κ1) is 27.6. The largest absolute Gasteiger partial charge is 0.493 e. The van der Waals surface area contributed by atoms with Crippen molar-refractivity contribution >= 4 is 35.7 Å². The van der Waals surface area contributed by atoms with E-state index in [1.54, 1.807) is 28.9 Å². The molecule has 0 aliphatic heterocycles. The maximum atomic E-state index is 14.3. The standard InChI is InChI=1S/C25H30ClFN4O2.ClH/c1-5-28-13-19-7-6-18(12-22(19)27)25(32)29-24-10-17(4)31(30-24)14-20-11-21(26)8-9-23(20)33-15-16(2)3;/h6-12,16,28H,5,13-15H2,1-4H3,(H,29,30,32);1H. The minimum Gasteiger partial charge on any atom is -0.493 e. The van der Waals surface area contributed by atoms with Crippen LogP contribution in [0.15, 0.2) is 42.5 Å². The van der Waals surface area contributed by atoms with Crippen LogP contribution in [0.2, 0.25) is 5.02 Å². The van der Waals surface area contributed by atoms with Gasteiger partial charge in [0.1, 0.15) is 11.6 Å². The molecule has 9 heteroatoms. The third-order valence-electron chi connectivity index (χ3n) is 5.02. The Kier molecular flexibility index (Phi) is 10.4. The van der Waals surface area contributed by atoms with E-state index in [1.807, 2.05) is 26.0 Å². The molecule has 0 aliphatic rings. The number of aryl methyl sites for hydroxylation is 1. The van der Waals surface area contributed by atoms with E-state index < -0.39 is 11.7 Å². The van der Waals surface area contributed by atoms with Gasteiger partial charge in [-0.05, 0) is 49.7 Å². The van der Waals surface area contributed by atoms with Crippen LogP contribution in [0.4, 0.5) is 10.2 Å². The summed E-state index contributed by atoms with van der Waals surface area (Å²) in [6.07, 6.45) is 0. The molecule has 0 atom stereocenters. The molecule has 6 nitrogen and oxygen atoms in total. The van der Waals surface area contributed by atoms with Gasteiger partial charge in [0.2, 0.25) is 0 Å². The van der Waals surface area contributed by atoms with Crippen LogP contribution < -0.4 is 15.4 Å². The predicted octanol–water partition coefficient (Wildman–Crippen LogP) is 5.85. The van der Waals surface area contributed by atoms with Gasteiger partial charge >= 0.3 is 0 Å². The van der Waals surface area contributed by atoms with Crippen molar-refractivity contribution < 1.29 is 13.9 Å². The highest BCUT2D eigenvalue weighted by Gasteiger charge is 2.14. The summed E-state index contributed by atoms with van der Waals surface area (Å²) in [5, 5.41) is 10.9. The molecule has 1 heterocycles. The topological polar surface area (TPSA) is 68.2 Å². The second-order valence-corrected chi connectivity index (χ2v) is 8.76. The molecule has 3 rings (SSSR count). The molecule has 2 aromatic carbocycles. The predicted molar refractivity (Wildman–Crippen MR) is 137 cm³/mol. The SMILES string of the molecule is CCNCc1ccc(C(=O)Nc2cc(C)n(Cc3cc(Cl)ccc3OCC(C)C)n2)cc1F.Cl. The summed E-state index contributed by atoms with van der Waals surface area (Å²) >= 11 is 6.20. The van der Waals surface area contributed by atoms with E-state index in [9.17, 15) is 9.18 Å². The number of benzene rings is 2. The van der Waals surface area contributed by atoms with Gasteiger partial charge in [-0.1, -0.05) is 38.4 Å². The average Bonchev–Trinajstić information content (AvgIpc) is 3.10. The molecule has 0 fully saturated rings. The van der Waals surface area contributed by atoms with Gasteiger partial charge in [-0.25, -0.2) is 4.39 Å². The number of amides is 1. The lowest BCUT2D eigenvalue weighted by atomic mass is 10.1. The maximum Gasteiger partial charge on any atom is 0.256 e. The summed E-state index contributed by atoms with van der Waals surface area (Å²) in [5.41, 5.74) is 2.50. The summed E-state index contributed by atoms with van der Waals surface area (Å²) in [4.78, 5) is 12.6. The number of hydrogen-bond acceptors (Lipinski definition) is 4. The Balaban J connectivity index is 0.00000408. The lowest BCUT2D eigenvalue weighted by molar-refractivity contribution is 0.102. The Bertz CT molecular complexity index is 1120. The first-order chi connectivity index (χ1) is 15.8. The third kappa shape index (κ3) is 7.45. The molecular formula is C25H31Cl2FN4O2. The van der Waals surface area contributed by atoms with E-state index >= 15 is 0 Å². The Morgan fingerprint density at radius 2 is 1.94 bits per heavy atom. The highest BCUT2D eigenvalue weighted by molar-refractivity contribution is 6.30. The van der Waals surface area contributed by atoms with Gasteiger partial charge in [0.25, 0.3) is 5.91 Å². The first-order valence-corrected chi connectivity index (χ1v) is 11.4. The summed E-state index contributed by atoms with van der Waals surface area (Å²) in [5.74, 6) is 0.698. The number of hydrogen-bond donors (Lipinski definition) is 2. The monoisotopic (exact) mass is 508 g/mol. The van der Waals surface area contributed by atoms with Crippen molar-refractivity contribution in [2.45, 2.75) is 40.8 Å². The number of carbonyl (C=O) groups excluding carboxylic acids is 1. The molecule has 0 spiro atoms. The van der Waals surface area contributed by atoms with E-state index in [0.717, 1.165) is 23.6 Å². The van der Waals surface area contributed by atoms with Crippen LogP contribution in [0.3, 0.4) is 0 Å². The number of carbonyl (C=O) groups is 1. The van der Waals surface area contributed by atoms with Crippen molar-refractivity contribution in [3.63, 3.8) is 0 Å². The van der Waals surface area contributed by atoms with Gasteiger partial charge in [-0.3, -0.25) is 9.48 Å². The van der Waals surface area contributed by atoms with Crippen molar-refractivity contribution in [3.8, 4) is 5.75 Å². The molecule has 0 saturated carbocycles. The second kappa shape index (κ2) is 12.7. The normalized spacial score (nSPS) is 10.8. The zero-order valence-corrected chi connectivity index (χ0v) is 21.4. The molecule has 1 aromatic heterocycles. The minimum absolute atomic E-state index is 0. The first-order valence-electron chi connectivity index (χ1n) is 11.0. The van der Waals surface area contributed by atoms with Crippen molar-refractivity contribution in [3.05, 3.63) is 75.7 Å². The van der Waals surface area contributed by atoms with Crippen LogP contribution in [0.25, 0.3) is 0 Å². The summed E-state index contributed by atoms with van der Waals surface area (Å²) in [6.45, 7) is 10.2. The molecule has 184 valence electrons. The van der Waals surface area contributed by atoms with Crippen molar-refractivity contribution in [2.75, 3.05) is 18.5 Å². The molecule has 0 unspecified atom stereocenters. The fourth-order valence-electron chi connectivity index (χ4n) is 3.24. The summed E-state index contributed by atoms with van der Waals surface area (Å²) < 4.78 is 22.0.